The molecule has 0 aromatic heterocycles. The Morgan fingerprint density at radius 1 is 0.447 bits per heavy atom. The molecular weight excluding hydrogens is 1140 g/mol. The summed E-state index contributed by atoms with van der Waals surface area (Å²) in [4.78, 5) is 0. The summed E-state index contributed by atoms with van der Waals surface area (Å²) in [5.41, 5.74) is -0.531. The predicted octanol–water partition coefficient (Wildman–Crippen LogP) is -6.50. The lowest BCUT2D eigenvalue weighted by molar-refractivity contribution is -0.410. The van der Waals surface area contributed by atoms with Crippen LogP contribution in [-0.2, 0) is 56.8 Å². The van der Waals surface area contributed by atoms with E-state index in [1.54, 1.807) is 0 Å². The van der Waals surface area contributed by atoms with E-state index < -0.39 is 205 Å². The van der Waals surface area contributed by atoms with Gasteiger partial charge in [0.25, 0.3) is 0 Å². The van der Waals surface area contributed by atoms with Crippen molar-refractivity contribution in [1.29, 1.82) is 0 Å². The first-order valence-corrected chi connectivity index (χ1v) is 30.5. The van der Waals surface area contributed by atoms with Crippen LogP contribution in [0.5, 0.6) is 0 Å². The first-order chi connectivity index (χ1) is 40.3. The summed E-state index contributed by atoms with van der Waals surface area (Å²) in [6.45, 7) is 5.21. The molecule has 4 aliphatic carbocycles. The number of ether oxygens (including phenoxy) is 12. The Morgan fingerprint density at radius 2 is 1.01 bits per heavy atom. The molecule has 11 aliphatic rings. The van der Waals surface area contributed by atoms with Crippen molar-refractivity contribution >= 4 is 0 Å². The molecule has 4 saturated carbocycles. The Labute approximate surface area is 491 Å². The highest BCUT2D eigenvalue weighted by Crippen LogP contribution is 2.71. The van der Waals surface area contributed by atoms with Crippen LogP contribution in [0.15, 0.2) is 0 Å². The molecule has 11 fully saturated rings. The van der Waals surface area contributed by atoms with Crippen molar-refractivity contribution in [3.63, 3.8) is 0 Å². The van der Waals surface area contributed by atoms with Crippen LogP contribution in [0.3, 0.4) is 0 Å². The molecule has 0 aromatic rings. The zero-order valence-corrected chi connectivity index (χ0v) is 48.1. The highest BCUT2D eigenvalue weighted by Gasteiger charge is 2.73. The zero-order chi connectivity index (χ0) is 61.1. The quantitative estimate of drug-likeness (QED) is 0.0719. The fourth-order valence-corrected chi connectivity index (χ4v) is 17.4. The van der Waals surface area contributed by atoms with E-state index in [0.717, 1.165) is 38.5 Å². The van der Waals surface area contributed by atoms with Gasteiger partial charge in [-0.3, -0.25) is 0 Å². The lowest BCUT2D eigenvalue weighted by Gasteiger charge is -2.62. The van der Waals surface area contributed by atoms with Crippen LogP contribution in [0, 0.1) is 52.3 Å². The highest BCUT2D eigenvalue weighted by molar-refractivity contribution is 5.19. The van der Waals surface area contributed by atoms with Crippen LogP contribution in [0.4, 0.5) is 0 Å². The number of hydrogen-bond acceptors (Lipinski definition) is 29. The largest absolute Gasteiger partial charge is 0.394 e. The van der Waals surface area contributed by atoms with Crippen LogP contribution >= 0.6 is 0 Å². The second-order valence-electron chi connectivity index (χ2n) is 26.9. The summed E-state index contributed by atoms with van der Waals surface area (Å²) < 4.78 is 72.8. The molecule has 17 N–H and O–H groups in total. The molecule has 29 heteroatoms. The minimum absolute atomic E-state index is 0.00749. The van der Waals surface area contributed by atoms with Gasteiger partial charge in [-0.25, -0.2) is 0 Å². The van der Waals surface area contributed by atoms with Crippen molar-refractivity contribution in [2.45, 2.75) is 257 Å². The van der Waals surface area contributed by atoms with Gasteiger partial charge < -0.3 is 144 Å². The number of rotatable bonds is 14. The van der Waals surface area contributed by atoms with Crippen molar-refractivity contribution in [3.05, 3.63) is 0 Å². The molecule has 7 heterocycles. The summed E-state index contributed by atoms with van der Waals surface area (Å²) in [6.07, 6.45) is -42.5. The van der Waals surface area contributed by atoms with E-state index in [1.165, 1.54) is 0 Å². The molecule has 7 aliphatic heterocycles. The van der Waals surface area contributed by atoms with Crippen molar-refractivity contribution < 1.29 is 144 Å². The van der Waals surface area contributed by atoms with Crippen LogP contribution in [0.25, 0.3) is 0 Å². The van der Waals surface area contributed by atoms with Gasteiger partial charge in [0.1, 0.15) is 116 Å². The Bertz CT molecular complexity index is 2220. The van der Waals surface area contributed by atoms with E-state index in [9.17, 15) is 86.8 Å². The minimum Gasteiger partial charge on any atom is -0.394 e. The molecule has 0 radical (unpaired) electrons. The Morgan fingerprint density at radius 3 is 1.67 bits per heavy atom. The van der Waals surface area contributed by atoms with E-state index in [0.29, 0.717) is 25.4 Å². The second kappa shape index (κ2) is 25.4. The maximum absolute atomic E-state index is 12.3. The molecule has 29 nitrogen and oxygen atoms in total. The lowest BCUT2D eigenvalue weighted by Crippen LogP contribution is -2.69. The molecule has 7 saturated heterocycles. The fourth-order valence-electron chi connectivity index (χ4n) is 17.4. The van der Waals surface area contributed by atoms with E-state index in [2.05, 4.69) is 27.7 Å². The molecular formula is C56H92O29. The third-order valence-electron chi connectivity index (χ3n) is 22.2. The van der Waals surface area contributed by atoms with Crippen molar-refractivity contribution in [3.8, 4) is 0 Å². The number of fused-ring (bicyclic) bond motifs is 7. The summed E-state index contributed by atoms with van der Waals surface area (Å²) >= 11 is 0. The molecule has 0 amide bonds. The fraction of sp³-hybridized carbons (Fsp3) is 1.00. The average molecular weight is 1230 g/mol. The van der Waals surface area contributed by atoms with Crippen LogP contribution in [0.1, 0.15) is 79.1 Å². The molecule has 38 atom stereocenters. The van der Waals surface area contributed by atoms with Crippen molar-refractivity contribution in [2.75, 3.05) is 39.6 Å². The van der Waals surface area contributed by atoms with E-state index >= 15 is 0 Å². The molecule has 1 spiro atoms. The van der Waals surface area contributed by atoms with E-state index in [4.69, 9.17) is 56.8 Å². The standard InChI is InChI=1S/C56H92O29/c1-19-7-10-56(75-17-19)20(2)31-45(85-56)37(67)32-22-6-5-21-11-26(24(61)12-55(21,4)23(22)8-9-54(31,32)3)76-50-42(72)39(69)44(30(16-60)80-50)81-53-48(47(36(66)29(15-59)79-53)83-49-40(70)33(63)25(62)18-74-49)84-52-43(73)46(35(65)28(14-58)78-52)82-51-41(71)38(68)34(64)27(13-57)77-51/h19-53,57-73H,5-18H2,1-4H3/t19?,20-,21-,22+,23-,24+,25+,26+,27?,28?,29?,30?,31-,32+,33-,34+,35-,36+,37-,38-,39+,40?,41?,42?,43?,44-,45+,46-,47-,48?,49?,50?,51?,52?,53?,54+,55-,56+/m0/s1. The maximum Gasteiger partial charge on any atom is 0.187 e. The monoisotopic (exact) mass is 1230 g/mol. The Balaban J connectivity index is 0.797. The summed E-state index contributed by atoms with van der Waals surface area (Å²) in [5.74, 6) is 0.388. The maximum atomic E-state index is 12.3. The normalized spacial score (nSPS) is 58.1. The predicted molar refractivity (Wildman–Crippen MR) is 278 cm³/mol. The first kappa shape index (κ1) is 65.3. The number of hydrogen-bond donors (Lipinski definition) is 17. The molecule has 490 valence electrons. The topological polar surface area (TPSA) is 455 Å². The van der Waals surface area contributed by atoms with Gasteiger partial charge in [0, 0.05) is 18.3 Å². The van der Waals surface area contributed by atoms with Gasteiger partial charge in [0.05, 0.1) is 64.1 Å². The molecule has 15 unspecified atom stereocenters. The van der Waals surface area contributed by atoms with Gasteiger partial charge in [-0.15, -0.1) is 0 Å². The average Bonchev–Trinajstić information content (AvgIpc) is 1.59. The number of aliphatic hydroxyl groups excluding tert-OH is 17. The molecule has 85 heavy (non-hydrogen) atoms. The third-order valence-corrected chi connectivity index (χ3v) is 22.2. The van der Waals surface area contributed by atoms with Gasteiger partial charge in [0.15, 0.2) is 37.2 Å². The Kier molecular flexibility index (Phi) is 19.5. The summed E-state index contributed by atoms with van der Waals surface area (Å²) in [7, 11) is 0. The van der Waals surface area contributed by atoms with Gasteiger partial charge in [0.2, 0.25) is 0 Å². The van der Waals surface area contributed by atoms with E-state index in [-0.39, 0.29) is 52.4 Å². The summed E-state index contributed by atoms with van der Waals surface area (Å²) in [5, 5.41) is 188. The first-order valence-electron chi connectivity index (χ1n) is 30.5. The number of aliphatic hydroxyl groups is 17. The smallest absolute Gasteiger partial charge is 0.187 e. The lowest BCUT2D eigenvalue weighted by atomic mass is 9.44. The highest BCUT2D eigenvalue weighted by atomic mass is 16.8. The minimum atomic E-state index is -2.21. The second-order valence-corrected chi connectivity index (χ2v) is 26.9. The van der Waals surface area contributed by atoms with Gasteiger partial charge in [-0.05, 0) is 85.4 Å². The van der Waals surface area contributed by atoms with Crippen LogP contribution in [-0.4, -0.2) is 304 Å². The van der Waals surface area contributed by atoms with Crippen molar-refractivity contribution in [1.82, 2.24) is 0 Å². The SMILES string of the molecule is CC1CC[C@@]2(OC1)O[C@H]1[C@@H](O)[C@H]3[C@@H]4CC[C@H]5C[C@@H](OC6OC(CO)[C@H](OC7OC(CO)[C@@H](O)[C@H](OC8OC[C@@H](O)[C@H](O)C8O)C7OC7OC(CO)[C@H](O)[C@H](OC8OC(CO)[C@@H](O)[C@H](O)C8O)C7O)[C@H](O)C6O)[C@H](O)C[C@]5(C)[C@H]4CC[C@]3(C)[C@H]1[C@@H]2C. The van der Waals surface area contributed by atoms with Gasteiger partial charge in [-0.2, -0.15) is 0 Å². The van der Waals surface area contributed by atoms with E-state index in [1.807, 2.05) is 0 Å². The molecule has 11 rings (SSSR count). The van der Waals surface area contributed by atoms with Gasteiger partial charge in [-0.1, -0.05) is 27.7 Å². The summed E-state index contributed by atoms with van der Waals surface area (Å²) in [6, 6.07) is 0. The van der Waals surface area contributed by atoms with Gasteiger partial charge >= 0.3 is 0 Å². The van der Waals surface area contributed by atoms with Crippen molar-refractivity contribution in [2.24, 2.45) is 52.3 Å². The Hall–Kier alpha value is -1.16. The molecule has 0 aromatic carbocycles. The zero-order valence-electron chi connectivity index (χ0n) is 48.1. The van der Waals surface area contributed by atoms with Crippen LogP contribution < -0.4 is 0 Å². The van der Waals surface area contributed by atoms with Crippen LogP contribution in [0.2, 0.25) is 0 Å². The molecule has 0 bridgehead atoms. The third kappa shape index (κ3) is 11.3.